The van der Waals surface area contributed by atoms with Crippen molar-refractivity contribution in [2.24, 2.45) is 0 Å². The molecule has 0 saturated heterocycles. The molecule has 218 valence electrons. The van der Waals surface area contributed by atoms with Gasteiger partial charge in [0, 0.05) is 6.42 Å². The van der Waals surface area contributed by atoms with Crippen LogP contribution >= 0.6 is 0 Å². The Balaban J connectivity index is 3.84. The maximum absolute atomic E-state index is 12.4. The topological polar surface area (TPSA) is 92.7 Å². The molecule has 0 aliphatic carbocycles. The molecule has 0 aromatic heterocycles. The standard InChI is InChI=1S/C31H59NO5/c1-3-5-7-9-11-13-15-17-19-21-23-25-29(33)32-28(27-30(34)35)31(36)37-26-24-22-20-18-16-14-12-10-8-6-4-2/h28H,3-27H2,1-2H3,(H,32,33)(H,34,35)/t28-/m0/s1. The van der Waals surface area contributed by atoms with Crippen molar-refractivity contribution in [2.45, 2.75) is 174 Å². The minimum Gasteiger partial charge on any atom is -0.481 e. The number of carboxylic acid groups (broad SMARTS) is 1. The summed E-state index contributed by atoms with van der Waals surface area (Å²) in [6.07, 6.45) is 26.4. The molecular weight excluding hydrogens is 466 g/mol. The second kappa shape index (κ2) is 27.4. The first-order chi connectivity index (χ1) is 18.0. The van der Waals surface area contributed by atoms with Gasteiger partial charge in [-0.3, -0.25) is 9.59 Å². The van der Waals surface area contributed by atoms with Gasteiger partial charge in [-0.2, -0.15) is 0 Å². The molecule has 0 radical (unpaired) electrons. The summed E-state index contributed by atoms with van der Waals surface area (Å²) in [6.45, 7) is 4.75. The van der Waals surface area contributed by atoms with Crippen molar-refractivity contribution in [1.29, 1.82) is 0 Å². The maximum atomic E-state index is 12.4. The van der Waals surface area contributed by atoms with Gasteiger partial charge in [-0.1, -0.05) is 142 Å². The van der Waals surface area contributed by atoms with Crippen molar-refractivity contribution in [3.05, 3.63) is 0 Å². The second-order valence-electron chi connectivity index (χ2n) is 10.7. The highest BCUT2D eigenvalue weighted by molar-refractivity contribution is 5.87. The van der Waals surface area contributed by atoms with Crippen molar-refractivity contribution >= 4 is 17.8 Å². The minimum absolute atomic E-state index is 0.270. The largest absolute Gasteiger partial charge is 0.481 e. The number of carbonyl (C=O) groups excluding carboxylic acids is 2. The van der Waals surface area contributed by atoms with E-state index in [1.54, 1.807) is 0 Å². The number of rotatable bonds is 28. The predicted molar refractivity (Wildman–Crippen MR) is 153 cm³/mol. The first kappa shape index (κ1) is 35.4. The first-order valence-electron chi connectivity index (χ1n) is 15.7. The van der Waals surface area contributed by atoms with Crippen LogP contribution in [0.4, 0.5) is 0 Å². The summed E-state index contributed by atoms with van der Waals surface area (Å²) in [6, 6.07) is -1.11. The molecule has 6 heteroatoms. The molecule has 0 spiro atoms. The van der Waals surface area contributed by atoms with Gasteiger partial charge < -0.3 is 15.2 Å². The highest BCUT2D eigenvalue weighted by atomic mass is 16.5. The SMILES string of the molecule is CCCCCCCCCCCCCOC(=O)[C@H](CC(=O)O)NC(=O)CCCCCCCCCCCCC. The number of aliphatic carboxylic acids is 1. The third-order valence-corrected chi connectivity index (χ3v) is 7.00. The van der Waals surface area contributed by atoms with Crippen LogP contribution in [0.2, 0.25) is 0 Å². The number of unbranched alkanes of at least 4 members (excludes halogenated alkanes) is 20. The summed E-state index contributed by atoms with van der Waals surface area (Å²) >= 11 is 0. The molecule has 0 aromatic carbocycles. The summed E-state index contributed by atoms with van der Waals surface area (Å²) < 4.78 is 5.28. The van der Waals surface area contributed by atoms with Gasteiger partial charge >= 0.3 is 11.9 Å². The number of hydrogen-bond donors (Lipinski definition) is 2. The molecule has 0 heterocycles. The van der Waals surface area contributed by atoms with Crippen molar-refractivity contribution in [1.82, 2.24) is 5.32 Å². The molecule has 1 atom stereocenters. The molecule has 1 amide bonds. The highest BCUT2D eigenvalue weighted by Crippen LogP contribution is 2.13. The van der Waals surface area contributed by atoms with Gasteiger partial charge in [0.05, 0.1) is 13.0 Å². The summed E-state index contributed by atoms with van der Waals surface area (Å²) in [5, 5.41) is 11.7. The van der Waals surface area contributed by atoms with Gasteiger partial charge in [-0.25, -0.2) is 4.79 Å². The zero-order valence-electron chi connectivity index (χ0n) is 24.3. The molecule has 0 unspecified atom stereocenters. The van der Waals surface area contributed by atoms with Gasteiger partial charge in [0.15, 0.2) is 0 Å². The number of ether oxygens (including phenoxy) is 1. The molecule has 2 N–H and O–H groups in total. The van der Waals surface area contributed by atoms with Crippen LogP contribution in [0.3, 0.4) is 0 Å². The number of esters is 1. The van der Waals surface area contributed by atoms with Crippen LogP contribution in [0, 0.1) is 0 Å². The molecule has 0 saturated carbocycles. The monoisotopic (exact) mass is 525 g/mol. The second-order valence-corrected chi connectivity index (χ2v) is 10.7. The average Bonchev–Trinajstić information content (AvgIpc) is 2.87. The lowest BCUT2D eigenvalue weighted by Crippen LogP contribution is -2.43. The first-order valence-corrected chi connectivity index (χ1v) is 15.7. The fraction of sp³-hybridized carbons (Fsp3) is 0.903. The van der Waals surface area contributed by atoms with Gasteiger partial charge in [0.2, 0.25) is 5.91 Å². The smallest absolute Gasteiger partial charge is 0.329 e. The average molecular weight is 526 g/mol. The van der Waals surface area contributed by atoms with Crippen LogP contribution < -0.4 is 5.32 Å². The van der Waals surface area contributed by atoms with Crippen LogP contribution in [0.15, 0.2) is 0 Å². The van der Waals surface area contributed by atoms with E-state index in [1.165, 1.54) is 103 Å². The van der Waals surface area contributed by atoms with Gasteiger partial charge in [0.1, 0.15) is 6.04 Å². The van der Waals surface area contributed by atoms with E-state index >= 15 is 0 Å². The normalized spacial score (nSPS) is 11.8. The van der Waals surface area contributed by atoms with E-state index in [4.69, 9.17) is 9.84 Å². The Morgan fingerprint density at radius 3 is 1.38 bits per heavy atom. The Hall–Kier alpha value is -1.59. The summed E-state index contributed by atoms with van der Waals surface area (Å²) in [4.78, 5) is 35.8. The highest BCUT2D eigenvalue weighted by Gasteiger charge is 2.24. The number of nitrogens with one attached hydrogen (secondary N) is 1. The van der Waals surface area contributed by atoms with Gasteiger partial charge in [-0.05, 0) is 12.8 Å². The van der Waals surface area contributed by atoms with E-state index in [2.05, 4.69) is 19.2 Å². The Kier molecular flexibility index (Phi) is 26.3. The maximum Gasteiger partial charge on any atom is 0.329 e. The van der Waals surface area contributed by atoms with Crippen LogP contribution in [-0.4, -0.2) is 35.6 Å². The van der Waals surface area contributed by atoms with Crippen LogP contribution in [0.1, 0.15) is 168 Å². The molecule has 0 aliphatic rings. The molecular formula is C31H59NO5. The molecule has 0 rings (SSSR count). The third kappa shape index (κ3) is 25.8. The molecule has 0 bridgehead atoms. The van der Waals surface area contributed by atoms with E-state index in [0.29, 0.717) is 6.42 Å². The molecule has 37 heavy (non-hydrogen) atoms. The Labute approximate surface area is 228 Å². The van der Waals surface area contributed by atoms with E-state index < -0.39 is 24.4 Å². The van der Waals surface area contributed by atoms with Crippen molar-refractivity contribution in [3.63, 3.8) is 0 Å². The lowest BCUT2D eigenvalue weighted by atomic mass is 10.1. The Morgan fingerprint density at radius 2 is 0.973 bits per heavy atom. The fourth-order valence-electron chi connectivity index (χ4n) is 4.62. The fourth-order valence-corrected chi connectivity index (χ4v) is 4.62. The lowest BCUT2D eigenvalue weighted by Gasteiger charge is -2.16. The molecule has 6 nitrogen and oxygen atoms in total. The number of carbonyl (C=O) groups is 3. The zero-order valence-corrected chi connectivity index (χ0v) is 24.3. The Morgan fingerprint density at radius 1 is 0.595 bits per heavy atom. The van der Waals surface area contributed by atoms with Gasteiger partial charge in [-0.15, -0.1) is 0 Å². The number of amides is 1. The quantitative estimate of drug-likeness (QED) is 0.0789. The van der Waals surface area contributed by atoms with Crippen molar-refractivity contribution in [3.8, 4) is 0 Å². The van der Waals surface area contributed by atoms with Crippen molar-refractivity contribution < 1.29 is 24.2 Å². The van der Waals surface area contributed by atoms with Crippen LogP contribution in [0.25, 0.3) is 0 Å². The summed E-state index contributed by atoms with van der Waals surface area (Å²) in [5.74, 6) is -2.03. The third-order valence-electron chi connectivity index (χ3n) is 7.00. The molecule has 0 aliphatic heterocycles. The van der Waals surface area contributed by atoms with Gasteiger partial charge in [0.25, 0.3) is 0 Å². The molecule has 0 fully saturated rings. The predicted octanol–water partition coefficient (Wildman–Crippen LogP) is 8.50. The van der Waals surface area contributed by atoms with E-state index in [1.807, 2.05) is 0 Å². The number of carboxylic acids is 1. The van der Waals surface area contributed by atoms with Crippen molar-refractivity contribution in [2.75, 3.05) is 6.61 Å². The molecule has 0 aromatic rings. The zero-order chi connectivity index (χ0) is 27.4. The van der Waals surface area contributed by atoms with E-state index in [0.717, 1.165) is 38.5 Å². The summed E-state index contributed by atoms with van der Waals surface area (Å²) in [7, 11) is 0. The number of hydrogen-bond acceptors (Lipinski definition) is 4. The van der Waals surface area contributed by atoms with E-state index in [-0.39, 0.29) is 12.5 Å². The van der Waals surface area contributed by atoms with Crippen LogP contribution in [-0.2, 0) is 19.1 Å². The Bertz CT molecular complexity index is 552. The lowest BCUT2D eigenvalue weighted by molar-refractivity contribution is -0.151. The van der Waals surface area contributed by atoms with Crippen LogP contribution in [0.5, 0.6) is 0 Å². The minimum atomic E-state index is -1.12. The summed E-state index contributed by atoms with van der Waals surface area (Å²) in [5.41, 5.74) is 0. The van der Waals surface area contributed by atoms with E-state index in [9.17, 15) is 14.4 Å².